The number of Topliss-reactive ketones (excluding diaryl/α,β-unsaturated/α-hetero) is 1. The maximum absolute atomic E-state index is 10.8. The molecule has 1 aliphatic rings. The lowest BCUT2D eigenvalue weighted by atomic mass is 9.73. The van der Waals surface area contributed by atoms with E-state index in [9.17, 15) is 4.79 Å². The number of carbonyl (C=O) groups excluding carboxylic acids is 1. The number of hydrogen-bond donors (Lipinski definition) is 1. The van der Waals surface area contributed by atoms with Crippen molar-refractivity contribution in [3.05, 3.63) is 0 Å². The van der Waals surface area contributed by atoms with Crippen LogP contribution in [-0.4, -0.2) is 11.8 Å². The molecular weight excluding hydrogens is 138 g/mol. The van der Waals surface area contributed by atoms with E-state index in [2.05, 4.69) is 6.92 Å². The Hall–Kier alpha value is -0.370. The summed E-state index contributed by atoms with van der Waals surface area (Å²) in [7, 11) is 0. The van der Waals surface area contributed by atoms with Gasteiger partial charge in [-0.05, 0) is 38.0 Å². The summed E-state index contributed by atoms with van der Waals surface area (Å²) in [6.07, 6.45) is 3.43. The van der Waals surface area contributed by atoms with Crippen LogP contribution in [0.4, 0.5) is 0 Å². The van der Waals surface area contributed by atoms with Crippen molar-refractivity contribution >= 4 is 5.78 Å². The van der Waals surface area contributed by atoms with E-state index < -0.39 is 0 Å². The fraction of sp³-hybridized carbons (Fsp3) is 0.889. The largest absolute Gasteiger partial charge is 0.322 e. The van der Waals surface area contributed by atoms with Crippen LogP contribution in [0, 0.1) is 11.8 Å². The van der Waals surface area contributed by atoms with Gasteiger partial charge in [0.1, 0.15) is 5.78 Å². The van der Waals surface area contributed by atoms with Gasteiger partial charge >= 0.3 is 0 Å². The summed E-state index contributed by atoms with van der Waals surface area (Å²) in [6.45, 7) is 3.82. The second-order valence-electron chi connectivity index (χ2n) is 3.90. The van der Waals surface area contributed by atoms with Crippen LogP contribution in [0.15, 0.2) is 0 Å². The Morgan fingerprint density at radius 3 is 2.55 bits per heavy atom. The van der Waals surface area contributed by atoms with Gasteiger partial charge in [-0.1, -0.05) is 6.92 Å². The third kappa shape index (κ3) is 2.29. The lowest BCUT2D eigenvalue weighted by molar-refractivity contribution is -0.118. The average Bonchev–Trinajstić information content (AvgIpc) is 1.84. The highest BCUT2D eigenvalue weighted by atomic mass is 16.1. The van der Waals surface area contributed by atoms with Gasteiger partial charge in [0.05, 0.1) is 6.04 Å². The number of carbonyl (C=O) groups is 1. The summed E-state index contributed by atoms with van der Waals surface area (Å²) in [5.74, 6) is 1.72. The summed E-state index contributed by atoms with van der Waals surface area (Å²) < 4.78 is 0. The molecule has 1 rings (SSSR count). The molecule has 0 aromatic heterocycles. The van der Waals surface area contributed by atoms with Crippen molar-refractivity contribution in [3.63, 3.8) is 0 Å². The SMILES string of the molecule is CC(=O)C(N)CC1CC(C)C1. The predicted molar refractivity (Wildman–Crippen MR) is 45.2 cm³/mol. The zero-order chi connectivity index (χ0) is 8.43. The van der Waals surface area contributed by atoms with E-state index in [-0.39, 0.29) is 11.8 Å². The van der Waals surface area contributed by atoms with E-state index in [4.69, 9.17) is 5.73 Å². The molecule has 64 valence electrons. The molecule has 0 amide bonds. The van der Waals surface area contributed by atoms with E-state index in [1.807, 2.05) is 0 Å². The van der Waals surface area contributed by atoms with Crippen molar-refractivity contribution in [3.8, 4) is 0 Å². The van der Waals surface area contributed by atoms with Gasteiger partial charge in [0.2, 0.25) is 0 Å². The first-order valence-corrected chi connectivity index (χ1v) is 4.35. The average molecular weight is 155 g/mol. The number of nitrogens with two attached hydrogens (primary N) is 1. The molecular formula is C9H17NO. The molecule has 2 N–H and O–H groups in total. The molecule has 2 heteroatoms. The van der Waals surface area contributed by atoms with Crippen LogP contribution in [0.2, 0.25) is 0 Å². The normalized spacial score (nSPS) is 32.6. The zero-order valence-electron chi connectivity index (χ0n) is 7.34. The van der Waals surface area contributed by atoms with E-state index >= 15 is 0 Å². The van der Waals surface area contributed by atoms with Gasteiger partial charge in [-0.15, -0.1) is 0 Å². The third-order valence-electron chi connectivity index (χ3n) is 2.58. The highest BCUT2D eigenvalue weighted by molar-refractivity contribution is 5.81. The van der Waals surface area contributed by atoms with Gasteiger partial charge in [-0.3, -0.25) is 4.79 Å². The van der Waals surface area contributed by atoms with Crippen LogP contribution >= 0.6 is 0 Å². The van der Waals surface area contributed by atoms with Crippen LogP contribution < -0.4 is 5.73 Å². The summed E-state index contributed by atoms with van der Waals surface area (Å²) in [4.78, 5) is 10.8. The quantitative estimate of drug-likeness (QED) is 0.668. The van der Waals surface area contributed by atoms with Gasteiger partial charge in [0.15, 0.2) is 0 Å². The lowest BCUT2D eigenvalue weighted by Crippen LogP contribution is -2.34. The number of hydrogen-bond acceptors (Lipinski definition) is 2. The Labute approximate surface area is 68.2 Å². The standard InChI is InChI=1S/C9H17NO/c1-6-3-8(4-6)5-9(10)7(2)11/h6,8-9H,3-5,10H2,1-2H3. The molecule has 0 heterocycles. The number of ketones is 1. The molecule has 0 aromatic carbocycles. The van der Waals surface area contributed by atoms with Crippen LogP contribution in [0.5, 0.6) is 0 Å². The predicted octanol–water partition coefficient (Wildman–Crippen LogP) is 1.34. The van der Waals surface area contributed by atoms with Gasteiger partial charge in [-0.2, -0.15) is 0 Å². The van der Waals surface area contributed by atoms with Gasteiger partial charge in [0.25, 0.3) is 0 Å². The van der Waals surface area contributed by atoms with Gasteiger partial charge in [-0.25, -0.2) is 0 Å². The monoisotopic (exact) mass is 155 g/mol. The first-order chi connectivity index (χ1) is 5.09. The smallest absolute Gasteiger partial charge is 0.146 e. The molecule has 1 saturated carbocycles. The van der Waals surface area contributed by atoms with Crippen molar-refractivity contribution in [2.75, 3.05) is 0 Å². The van der Waals surface area contributed by atoms with Crippen molar-refractivity contribution in [1.29, 1.82) is 0 Å². The summed E-state index contributed by atoms with van der Waals surface area (Å²) in [5.41, 5.74) is 5.62. The molecule has 0 saturated heterocycles. The first-order valence-electron chi connectivity index (χ1n) is 4.35. The Kier molecular flexibility index (Phi) is 2.66. The molecule has 2 nitrogen and oxygen atoms in total. The molecule has 0 spiro atoms. The fourth-order valence-electron chi connectivity index (χ4n) is 1.79. The molecule has 1 atom stereocenters. The minimum Gasteiger partial charge on any atom is -0.322 e. The molecule has 11 heavy (non-hydrogen) atoms. The maximum atomic E-state index is 10.8. The second kappa shape index (κ2) is 3.35. The fourth-order valence-corrected chi connectivity index (χ4v) is 1.79. The molecule has 1 unspecified atom stereocenters. The van der Waals surface area contributed by atoms with Crippen molar-refractivity contribution < 1.29 is 4.79 Å². The van der Waals surface area contributed by atoms with E-state index in [0.717, 1.165) is 18.3 Å². The van der Waals surface area contributed by atoms with Gasteiger partial charge in [0, 0.05) is 0 Å². The molecule has 0 aromatic rings. The lowest BCUT2D eigenvalue weighted by Gasteiger charge is -2.33. The van der Waals surface area contributed by atoms with Crippen LogP contribution in [0.3, 0.4) is 0 Å². The molecule has 1 fully saturated rings. The number of rotatable bonds is 3. The highest BCUT2D eigenvalue weighted by Gasteiger charge is 2.27. The minimum absolute atomic E-state index is 0.129. The molecule has 0 radical (unpaired) electrons. The molecule has 0 aliphatic heterocycles. The maximum Gasteiger partial charge on any atom is 0.146 e. The molecule has 0 bridgehead atoms. The van der Waals surface area contributed by atoms with E-state index in [1.54, 1.807) is 6.92 Å². The summed E-state index contributed by atoms with van der Waals surface area (Å²) in [6, 6.07) is -0.201. The van der Waals surface area contributed by atoms with Crippen molar-refractivity contribution in [2.45, 2.75) is 39.2 Å². The van der Waals surface area contributed by atoms with Crippen LogP contribution in [0.25, 0.3) is 0 Å². The zero-order valence-corrected chi connectivity index (χ0v) is 7.34. The van der Waals surface area contributed by atoms with Crippen molar-refractivity contribution in [1.82, 2.24) is 0 Å². The van der Waals surface area contributed by atoms with Crippen molar-refractivity contribution in [2.24, 2.45) is 17.6 Å². The van der Waals surface area contributed by atoms with Crippen LogP contribution in [-0.2, 0) is 4.79 Å². The Balaban J connectivity index is 2.16. The second-order valence-corrected chi connectivity index (χ2v) is 3.90. The molecule has 1 aliphatic carbocycles. The topological polar surface area (TPSA) is 43.1 Å². The Morgan fingerprint density at radius 2 is 2.18 bits per heavy atom. The Bertz CT molecular complexity index is 150. The summed E-state index contributed by atoms with van der Waals surface area (Å²) in [5, 5.41) is 0. The summed E-state index contributed by atoms with van der Waals surface area (Å²) >= 11 is 0. The highest BCUT2D eigenvalue weighted by Crippen LogP contribution is 2.35. The minimum atomic E-state index is -0.201. The van der Waals surface area contributed by atoms with E-state index in [1.165, 1.54) is 12.8 Å². The Morgan fingerprint density at radius 1 is 1.64 bits per heavy atom. The first kappa shape index (κ1) is 8.72. The van der Waals surface area contributed by atoms with Crippen LogP contribution in [0.1, 0.15) is 33.1 Å². The van der Waals surface area contributed by atoms with E-state index in [0.29, 0.717) is 0 Å². The van der Waals surface area contributed by atoms with Gasteiger partial charge < -0.3 is 5.73 Å². The third-order valence-corrected chi connectivity index (χ3v) is 2.58.